The van der Waals surface area contributed by atoms with Crippen molar-refractivity contribution >= 4 is 32.2 Å². The molecule has 0 atom stereocenters. The summed E-state index contributed by atoms with van der Waals surface area (Å²) in [5.41, 5.74) is -1.84. The fourth-order valence-corrected chi connectivity index (χ4v) is 3.58. The van der Waals surface area contributed by atoms with Crippen LogP contribution in [0.5, 0.6) is 0 Å². The third kappa shape index (κ3) is 6.10. The van der Waals surface area contributed by atoms with Crippen molar-refractivity contribution in [2.45, 2.75) is 9.79 Å². The van der Waals surface area contributed by atoms with Crippen LogP contribution in [-0.4, -0.2) is 37.9 Å². The average Bonchev–Trinajstić information content (AvgIpc) is 2.51. The Morgan fingerprint density at radius 3 is 1.18 bits per heavy atom. The summed E-state index contributed by atoms with van der Waals surface area (Å²) in [6.07, 6.45) is 0. The molecule has 0 aliphatic rings. The molecule has 10 nitrogen and oxygen atoms in total. The first-order chi connectivity index (χ1) is 11.8. The summed E-state index contributed by atoms with van der Waals surface area (Å²) in [7, 11) is -9.92. The molecule has 2 rings (SSSR count). The Bertz CT molecular complexity index is 1050. The molecule has 0 unspecified atom stereocenters. The monoisotopic (exact) mass is 446 g/mol. The zero-order chi connectivity index (χ0) is 19.9. The van der Waals surface area contributed by atoms with Gasteiger partial charge in [0.15, 0.2) is 0 Å². The number of rotatable bonds is 5. The van der Waals surface area contributed by atoms with Gasteiger partial charge in [0.2, 0.25) is 0 Å². The first kappa shape index (κ1) is 27.2. The quantitative estimate of drug-likeness (QED) is 0.330. The molecule has 0 fully saturated rings. The first-order valence-electron chi connectivity index (χ1n) is 6.48. The second kappa shape index (κ2) is 9.80. The maximum absolute atomic E-state index is 11.4. The van der Waals surface area contributed by atoms with Crippen LogP contribution in [-0.2, 0) is 20.2 Å². The number of carboxylic acids is 2. The van der Waals surface area contributed by atoms with Crippen LogP contribution in [0, 0.1) is 0 Å². The summed E-state index contributed by atoms with van der Waals surface area (Å²) < 4.78 is 63.7. The topological polar surface area (TPSA) is 189 Å². The summed E-state index contributed by atoms with van der Waals surface area (Å²) >= 11 is 0. The SMILES string of the molecule is O=C([O-])c1ccc(-c2ccc(C(=O)[O-])c(S(=O)(=O)O)c2)cc1S(=O)(=O)O.[Na+].[Na+]. The van der Waals surface area contributed by atoms with E-state index in [1.165, 1.54) is 0 Å². The summed E-state index contributed by atoms with van der Waals surface area (Å²) in [4.78, 5) is 19.9. The molecule has 2 N–H and O–H groups in total. The van der Waals surface area contributed by atoms with E-state index in [2.05, 4.69) is 0 Å². The third-order valence-electron chi connectivity index (χ3n) is 3.29. The van der Waals surface area contributed by atoms with Gasteiger partial charge in [0, 0.05) is 11.1 Å². The van der Waals surface area contributed by atoms with Crippen molar-refractivity contribution in [1.29, 1.82) is 0 Å². The molecule has 0 saturated heterocycles. The Labute approximate surface area is 203 Å². The van der Waals surface area contributed by atoms with Crippen LogP contribution in [0.1, 0.15) is 20.7 Å². The van der Waals surface area contributed by atoms with Gasteiger partial charge in [-0.05, 0) is 23.3 Å². The smallest absolute Gasteiger partial charge is 0.545 e. The molecule has 2 aromatic rings. The fourth-order valence-electron chi connectivity index (χ4n) is 2.17. The van der Waals surface area contributed by atoms with Gasteiger partial charge in [-0.25, -0.2) is 0 Å². The Kier molecular flexibility index (Phi) is 9.52. The molecule has 0 aliphatic carbocycles. The van der Waals surface area contributed by atoms with Crippen molar-refractivity contribution in [3.05, 3.63) is 47.5 Å². The van der Waals surface area contributed by atoms with E-state index in [0.29, 0.717) is 0 Å². The number of carbonyl (C=O) groups is 2. The summed E-state index contributed by atoms with van der Waals surface area (Å²) in [5, 5.41) is 21.9. The van der Waals surface area contributed by atoms with E-state index in [9.17, 15) is 36.6 Å². The normalized spacial score (nSPS) is 11.1. The van der Waals surface area contributed by atoms with Gasteiger partial charge in [-0.1, -0.05) is 24.3 Å². The van der Waals surface area contributed by atoms with Gasteiger partial charge < -0.3 is 19.8 Å². The second-order valence-electron chi connectivity index (χ2n) is 4.95. The van der Waals surface area contributed by atoms with Crippen molar-refractivity contribution in [1.82, 2.24) is 0 Å². The van der Waals surface area contributed by atoms with Crippen LogP contribution >= 0.6 is 0 Å². The van der Waals surface area contributed by atoms with Crippen molar-refractivity contribution in [3.63, 3.8) is 0 Å². The van der Waals surface area contributed by atoms with Crippen LogP contribution in [0.3, 0.4) is 0 Å². The minimum atomic E-state index is -4.96. The van der Waals surface area contributed by atoms with Gasteiger partial charge in [-0.2, -0.15) is 16.8 Å². The number of hydrogen-bond donors (Lipinski definition) is 2. The predicted molar refractivity (Wildman–Crippen MR) is 80.2 cm³/mol. The molecule has 0 amide bonds. The molecular formula is C14H8Na2O10S2. The minimum Gasteiger partial charge on any atom is -0.545 e. The third-order valence-corrected chi connectivity index (χ3v) is 5.08. The Hall–Kier alpha value is -0.800. The molecule has 0 saturated carbocycles. The second-order valence-corrected chi connectivity index (χ2v) is 7.73. The standard InChI is InChI=1S/C14H10O10S2.2Na/c15-13(16)9-3-1-7(5-11(9)25(19,20)21)8-2-4-10(14(17)18)12(6-8)26(22,23)24;;/h1-6H,(H,15,16)(H,17,18)(H,19,20,21)(H,22,23,24);;/q;2*+1/p-2. The van der Waals surface area contributed by atoms with Gasteiger partial charge >= 0.3 is 59.1 Å². The summed E-state index contributed by atoms with van der Waals surface area (Å²) in [5.74, 6) is -3.76. The van der Waals surface area contributed by atoms with Crippen molar-refractivity contribution in [2.75, 3.05) is 0 Å². The van der Waals surface area contributed by atoms with Crippen LogP contribution in [0.15, 0.2) is 46.2 Å². The molecule has 0 spiro atoms. The summed E-state index contributed by atoms with van der Waals surface area (Å²) in [6, 6.07) is 5.19. The van der Waals surface area contributed by atoms with Gasteiger partial charge in [0.25, 0.3) is 20.2 Å². The molecule has 138 valence electrons. The molecule has 0 aromatic heterocycles. The van der Waals surface area contributed by atoms with Crippen LogP contribution in [0.2, 0.25) is 0 Å². The maximum Gasteiger partial charge on any atom is 1.00 e. The number of carboxylic acid groups (broad SMARTS) is 2. The minimum absolute atomic E-state index is 0. The zero-order valence-corrected chi connectivity index (χ0v) is 20.1. The van der Waals surface area contributed by atoms with E-state index in [-0.39, 0.29) is 70.2 Å². The van der Waals surface area contributed by atoms with Crippen LogP contribution in [0.25, 0.3) is 11.1 Å². The van der Waals surface area contributed by atoms with Gasteiger partial charge in [-0.15, -0.1) is 0 Å². The molecule has 14 heteroatoms. The van der Waals surface area contributed by atoms with E-state index in [1.807, 2.05) is 0 Å². The first-order valence-corrected chi connectivity index (χ1v) is 9.36. The molecule has 0 aliphatic heterocycles. The molecule has 0 heterocycles. The molecule has 2 aromatic carbocycles. The summed E-state index contributed by atoms with van der Waals surface area (Å²) in [6.45, 7) is 0. The Morgan fingerprint density at radius 2 is 0.964 bits per heavy atom. The molecule has 0 bridgehead atoms. The van der Waals surface area contributed by atoms with Crippen LogP contribution in [0.4, 0.5) is 0 Å². The number of benzene rings is 2. The van der Waals surface area contributed by atoms with Crippen LogP contribution < -0.4 is 69.3 Å². The van der Waals surface area contributed by atoms with Gasteiger partial charge in [0.1, 0.15) is 9.79 Å². The average molecular weight is 446 g/mol. The van der Waals surface area contributed by atoms with E-state index in [1.54, 1.807) is 0 Å². The zero-order valence-electron chi connectivity index (χ0n) is 14.4. The molecule has 28 heavy (non-hydrogen) atoms. The number of carbonyl (C=O) groups excluding carboxylic acids is 2. The van der Waals surface area contributed by atoms with Gasteiger partial charge in [0.05, 0.1) is 11.9 Å². The number of aromatic carboxylic acids is 2. The Balaban J connectivity index is 0.00000364. The predicted octanol–water partition coefficient (Wildman–Crippen LogP) is -7.42. The van der Waals surface area contributed by atoms with E-state index >= 15 is 0 Å². The van der Waals surface area contributed by atoms with Gasteiger partial charge in [-0.3, -0.25) is 9.11 Å². The number of hydrogen-bond acceptors (Lipinski definition) is 8. The molecular weight excluding hydrogens is 438 g/mol. The van der Waals surface area contributed by atoms with Crippen molar-refractivity contribution < 1.29 is 105 Å². The Morgan fingerprint density at radius 1 is 0.679 bits per heavy atom. The van der Waals surface area contributed by atoms with Crippen molar-refractivity contribution in [2.24, 2.45) is 0 Å². The van der Waals surface area contributed by atoms with E-state index in [0.717, 1.165) is 36.4 Å². The largest absolute Gasteiger partial charge is 1.00 e. The van der Waals surface area contributed by atoms with E-state index < -0.39 is 53.1 Å². The van der Waals surface area contributed by atoms with E-state index in [4.69, 9.17) is 9.11 Å². The fraction of sp³-hybridized carbons (Fsp3) is 0. The van der Waals surface area contributed by atoms with Crippen molar-refractivity contribution in [3.8, 4) is 11.1 Å². The molecule has 0 radical (unpaired) electrons. The maximum atomic E-state index is 11.4.